The van der Waals surface area contributed by atoms with E-state index in [-0.39, 0.29) is 6.42 Å². The van der Waals surface area contributed by atoms with Gasteiger partial charge in [0.25, 0.3) is 0 Å². The van der Waals surface area contributed by atoms with E-state index in [9.17, 15) is 4.79 Å². The van der Waals surface area contributed by atoms with Crippen LogP contribution in [0.3, 0.4) is 0 Å². The zero-order valence-electron chi connectivity index (χ0n) is 10.4. The molecule has 3 heterocycles. The lowest BCUT2D eigenvalue weighted by Gasteiger charge is -1.95. The van der Waals surface area contributed by atoms with Crippen LogP contribution >= 0.6 is 11.3 Å². The van der Waals surface area contributed by atoms with Gasteiger partial charge in [-0.1, -0.05) is 0 Å². The molecule has 5 nitrogen and oxygen atoms in total. The number of aromatic nitrogens is 3. The molecular formula is C13H13N3O2S. The maximum atomic E-state index is 10.6. The van der Waals surface area contributed by atoms with Crippen LogP contribution in [-0.2, 0) is 18.3 Å². The van der Waals surface area contributed by atoms with E-state index in [2.05, 4.69) is 4.98 Å². The molecule has 3 aromatic rings. The summed E-state index contributed by atoms with van der Waals surface area (Å²) in [4.78, 5) is 16.1. The van der Waals surface area contributed by atoms with Gasteiger partial charge in [-0.05, 0) is 12.5 Å². The second-order valence-electron chi connectivity index (χ2n) is 4.47. The van der Waals surface area contributed by atoms with Crippen LogP contribution in [-0.4, -0.2) is 25.0 Å². The summed E-state index contributed by atoms with van der Waals surface area (Å²) in [6, 6.07) is 2.02. The largest absolute Gasteiger partial charge is 0.481 e. The highest BCUT2D eigenvalue weighted by Crippen LogP contribution is 2.24. The van der Waals surface area contributed by atoms with Crippen molar-refractivity contribution in [1.82, 2.24) is 14.0 Å². The number of hydrogen-bond acceptors (Lipinski definition) is 3. The first-order chi connectivity index (χ1) is 9.13. The summed E-state index contributed by atoms with van der Waals surface area (Å²) in [5.74, 6) is -0.775. The monoisotopic (exact) mass is 275 g/mol. The number of aryl methyl sites for hydroxylation is 2. The molecule has 1 N–H and O–H groups in total. The summed E-state index contributed by atoms with van der Waals surface area (Å²) >= 11 is 1.54. The van der Waals surface area contributed by atoms with Crippen molar-refractivity contribution in [2.45, 2.75) is 12.8 Å². The molecule has 19 heavy (non-hydrogen) atoms. The summed E-state index contributed by atoms with van der Waals surface area (Å²) in [5.41, 5.74) is 2.99. The van der Waals surface area contributed by atoms with Gasteiger partial charge < -0.3 is 9.67 Å². The Balaban J connectivity index is 1.95. The minimum atomic E-state index is -0.775. The lowest BCUT2D eigenvalue weighted by molar-refractivity contribution is -0.136. The zero-order chi connectivity index (χ0) is 13.4. The molecule has 0 unspecified atom stereocenters. The molecule has 0 aliphatic carbocycles. The summed E-state index contributed by atoms with van der Waals surface area (Å²) in [5, 5.41) is 10.7. The molecule has 0 atom stereocenters. The third-order valence-corrected chi connectivity index (χ3v) is 3.89. The topological polar surface area (TPSA) is 59.5 Å². The number of carbonyl (C=O) groups is 1. The zero-order valence-corrected chi connectivity index (χ0v) is 11.2. The quantitative estimate of drug-likeness (QED) is 0.795. The van der Waals surface area contributed by atoms with E-state index >= 15 is 0 Å². The van der Waals surface area contributed by atoms with Crippen LogP contribution in [0.4, 0.5) is 0 Å². The smallest absolute Gasteiger partial charge is 0.303 e. The Morgan fingerprint density at radius 1 is 1.47 bits per heavy atom. The highest BCUT2D eigenvalue weighted by atomic mass is 32.1. The average molecular weight is 275 g/mol. The normalized spacial score (nSPS) is 11.2. The Morgan fingerprint density at radius 3 is 3.00 bits per heavy atom. The van der Waals surface area contributed by atoms with Crippen LogP contribution in [0.1, 0.15) is 12.1 Å². The van der Waals surface area contributed by atoms with Gasteiger partial charge in [0.15, 0.2) is 4.96 Å². The predicted octanol–water partition coefficient (Wildman–Crippen LogP) is 2.42. The Kier molecular flexibility index (Phi) is 2.87. The van der Waals surface area contributed by atoms with Crippen molar-refractivity contribution in [2.24, 2.45) is 7.05 Å². The van der Waals surface area contributed by atoms with Gasteiger partial charge in [-0.15, -0.1) is 11.3 Å². The molecule has 0 amide bonds. The Hall–Kier alpha value is -2.08. The van der Waals surface area contributed by atoms with E-state index in [1.54, 1.807) is 11.3 Å². The van der Waals surface area contributed by atoms with Crippen LogP contribution in [0.15, 0.2) is 30.0 Å². The maximum absolute atomic E-state index is 10.6. The molecule has 98 valence electrons. The summed E-state index contributed by atoms with van der Waals surface area (Å²) in [6.45, 7) is 0. The highest BCUT2D eigenvalue weighted by Gasteiger charge is 2.11. The molecular weight excluding hydrogens is 262 g/mol. The Labute approximate surface area is 113 Å². The highest BCUT2D eigenvalue weighted by molar-refractivity contribution is 7.15. The van der Waals surface area contributed by atoms with Gasteiger partial charge in [0.05, 0.1) is 12.1 Å². The van der Waals surface area contributed by atoms with Crippen LogP contribution in [0.25, 0.3) is 16.2 Å². The van der Waals surface area contributed by atoms with E-state index in [4.69, 9.17) is 5.11 Å². The maximum Gasteiger partial charge on any atom is 0.303 e. The van der Waals surface area contributed by atoms with Gasteiger partial charge in [-0.25, -0.2) is 4.98 Å². The van der Waals surface area contributed by atoms with E-state index in [0.29, 0.717) is 6.42 Å². The summed E-state index contributed by atoms with van der Waals surface area (Å²) < 4.78 is 3.96. The van der Waals surface area contributed by atoms with E-state index in [0.717, 1.165) is 21.9 Å². The molecule has 0 saturated heterocycles. The molecule has 3 aromatic heterocycles. The molecule has 0 saturated carbocycles. The number of hydrogen-bond donors (Lipinski definition) is 1. The number of aliphatic carboxylic acids is 1. The second-order valence-corrected chi connectivity index (χ2v) is 5.30. The van der Waals surface area contributed by atoms with Crippen molar-refractivity contribution in [2.75, 3.05) is 0 Å². The number of carboxylic acid groups (broad SMARTS) is 1. The van der Waals surface area contributed by atoms with E-state index in [1.165, 1.54) is 0 Å². The van der Waals surface area contributed by atoms with Crippen molar-refractivity contribution in [3.63, 3.8) is 0 Å². The standard InChI is InChI=1S/C13H13N3O2S/c1-15-5-4-9(6-15)11-7-16-10(2-3-12(17)18)8-19-13(16)14-11/h4-8H,2-3H2,1H3,(H,17,18). The van der Waals surface area contributed by atoms with Crippen molar-refractivity contribution < 1.29 is 9.90 Å². The minimum Gasteiger partial charge on any atom is -0.481 e. The number of fused-ring (bicyclic) bond motifs is 1. The Bertz CT molecular complexity index is 738. The van der Waals surface area contributed by atoms with Crippen molar-refractivity contribution in [3.8, 4) is 11.3 Å². The molecule has 0 aliphatic rings. The average Bonchev–Trinajstić information content (AvgIpc) is 3.00. The van der Waals surface area contributed by atoms with Crippen molar-refractivity contribution in [1.29, 1.82) is 0 Å². The lowest BCUT2D eigenvalue weighted by Crippen LogP contribution is -1.99. The van der Waals surface area contributed by atoms with Crippen LogP contribution in [0.2, 0.25) is 0 Å². The number of rotatable bonds is 4. The van der Waals surface area contributed by atoms with Gasteiger partial charge in [0.2, 0.25) is 0 Å². The number of thiazole rings is 1. The van der Waals surface area contributed by atoms with Gasteiger partial charge in [0.1, 0.15) is 0 Å². The molecule has 0 bridgehead atoms. The van der Waals surface area contributed by atoms with E-state index < -0.39 is 5.97 Å². The fourth-order valence-electron chi connectivity index (χ4n) is 2.04. The third-order valence-electron chi connectivity index (χ3n) is 3.01. The fraction of sp³-hybridized carbons (Fsp3) is 0.231. The molecule has 6 heteroatoms. The number of nitrogens with zero attached hydrogens (tertiary/aromatic N) is 3. The molecule has 0 fully saturated rings. The van der Waals surface area contributed by atoms with Gasteiger partial charge in [-0.2, -0.15) is 0 Å². The molecule has 3 rings (SSSR count). The van der Waals surface area contributed by atoms with Gasteiger partial charge in [-0.3, -0.25) is 9.20 Å². The number of carboxylic acids is 1. The van der Waals surface area contributed by atoms with E-state index in [1.807, 2.05) is 46.1 Å². The van der Waals surface area contributed by atoms with Crippen LogP contribution in [0.5, 0.6) is 0 Å². The van der Waals surface area contributed by atoms with Crippen LogP contribution < -0.4 is 0 Å². The first-order valence-electron chi connectivity index (χ1n) is 5.93. The first-order valence-corrected chi connectivity index (χ1v) is 6.81. The lowest BCUT2D eigenvalue weighted by atomic mass is 10.2. The first kappa shape index (κ1) is 12.0. The third kappa shape index (κ3) is 2.26. The molecule has 0 spiro atoms. The number of imidazole rings is 1. The predicted molar refractivity (Wildman–Crippen MR) is 73.4 cm³/mol. The SMILES string of the molecule is Cn1ccc(-c2cn3c(CCC(=O)O)csc3n2)c1. The Morgan fingerprint density at radius 2 is 2.32 bits per heavy atom. The molecule has 0 aliphatic heterocycles. The van der Waals surface area contributed by atoms with Gasteiger partial charge >= 0.3 is 5.97 Å². The van der Waals surface area contributed by atoms with Crippen molar-refractivity contribution in [3.05, 3.63) is 35.7 Å². The minimum absolute atomic E-state index is 0.144. The van der Waals surface area contributed by atoms with Crippen molar-refractivity contribution >= 4 is 22.3 Å². The summed E-state index contributed by atoms with van der Waals surface area (Å²) in [6.07, 6.45) is 6.64. The van der Waals surface area contributed by atoms with Crippen LogP contribution in [0, 0.1) is 0 Å². The molecule has 0 radical (unpaired) electrons. The van der Waals surface area contributed by atoms with Gasteiger partial charge in [0, 0.05) is 42.3 Å². The fourth-order valence-corrected chi connectivity index (χ4v) is 2.95. The molecule has 0 aromatic carbocycles. The second kappa shape index (κ2) is 4.55. The summed E-state index contributed by atoms with van der Waals surface area (Å²) in [7, 11) is 1.97.